The summed E-state index contributed by atoms with van der Waals surface area (Å²) in [6.07, 6.45) is -1.78. The fraction of sp³-hybridized carbons (Fsp3) is 0.690. The van der Waals surface area contributed by atoms with Gasteiger partial charge in [-0.1, -0.05) is 44.5 Å². The van der Waals surface area contributed by atoms with Crippen LogP contribution in [0.1, 0.15) is 81.9 Å². The molecule has 4 unspecified atom stereocenters. The molecule has 3 amide bonds. The number of thiazole rings is 1. The van der Waals surface area contributed by atoms with Crippen LogP contribution in [0.25, 0.3) is 0 Å². The number of aromatic nitrogens is 1. The number of ether oxygens (including phenoxy) is 4. The van der Waals surface area contributed by atoms with E-state index < -0.39 is 69.3 Å². The van der Waals surface area contributed by atoms with Gasteiger partial charge in [0, 0.05) is 5.38 Å². The molecule has 0 aliphatic carbocycles. The predicted molar refractivity (Wildman–Crippen MR) is 178 cm³/mol. The van der Waals surface area contributed by atoms with E-state index >= 15 is 0 Å². The maximum Gasteiger partial charge on any atom is 0.509 e. The summed E-state index contributed by atoms with van der Waals surface area (Å²) in [6, 6.07) is -1.78. The van der Waals surface area contributed by atoms with Crippen LogP contribution in [0, 0.1) is 5.41 Å². The number of carbonyl (C=O) groups excluding carboxylic acids is 5. The third-order valence-corrected chi connectivity index (χ3v) is 10.3. The van der Waals surface area contributed by atoms with Crippen molar-refractivity contribution >= 4 is 73.5 Å². The molecule has 0 aromatic carbocycles. The lowest BCUT2D eigenvalue weighted by Crippen LogP contribution is -2.74. The lowest BCUT2D eigenvalue weighted by molar-refractivity contribution is -0.160. The van der Waals surface area contributed by atoms with Gasteiger partial charge in [0.05, 0.1) is 6.04 Å². The highest BCUT2D eigenvalue weighted by molar-refractivity contribution is 7.14. The zero-order chi connectivity index (χ0) is 35.9. The fourth-order valence-electron chi connectivity index (χ4n) is 3.83. The molecule has 0 radical (unpaired) electrons. The quantitative estimate of drug-likeness (QED) is 0.0607. The summed E-state index contributed by atoms with van der Waals surface area (Å²) in [4.78, 5) is 73.0. The highest BCUT2D eigenvalue weighted by atomic mass is 35.5. The summed E-state index contributed by atoms with van der Waals surface area (Å²) in [6.45, 7) is 19.0. The molecule has 1 aliphatic heterocycles. The Morgan fingerprint density at radius 2 is 1.68 bits per heavy atom. The SMILES string of the molecule is CC(Cl)OC(=O)OCC1C(NC(=O)C(=NOCC(=O)OC(C)(C)C)c2csc(NC(=O)OC(C)(C)C)n2)C(=O)N1[SiH2]C(C)C(C)(C)C. The van der Waals surface area contributed by atoms with Crippen LogP contribution in [0.15, 0.2) is 10.5 Å². The molecule has 47 heavy (non-hydrogen) atoms. The molecule has 0 spiro atoms. The lowest BCUT2D eigenvalue weighted by Gasteiger charge is -2.49. The van der Waals surface area contributed by atoms with Crippen molar-refractivity contribution in [2.45, 2.75) is 111 Å². The van der Waals surface area contributed by atoms with Gasteiger partial charge in [-0.3, -0.25) is 14.9 Å². The Hall–Kier alpha value is -3.44. The third kappa shape index (κ3) is 13.3. The summed E-state index contributed by atoms with van der Waals surface area (Å²) in [5.74, 6) is -1.95. The molecule has 2 heterocycles. The molecule has 1 fully saturated rings. The molecule has 0 bridgehead atoms. The molecule has 2 rings (SSSR count). The number of β-lactam (4-membered cyclic amide) rings is 1. The van der Waals surface area contributed by atoms with E-state index in [4.69, 9.17) is 35.4 Å². The lowest BCUT2D eigenvalue weighted by atomic mass is 9.93. The van der Waals surface area contributed by atoms with Gasteiger partial charge in [-0.05, 0) is 59.4 Å². The van der Waals surface area contributed by atoms with E-state index in [0.29, 0.717) is 0 Å². The third-order valence-electron chi connectivity index (χ3n) is 6.53. The van der Waals surface area contributed by atoms with Crippen molar-refractivity contribution in [2.24, 2.45) is 10.6 Å². The number of amides is 3. The zero-order valence-corrected chi connectivity index (χ0v) is 31.7. The minimum atomic E-state index is -1.21. The van der Waals surface area contributed by atoms with Crippen molar-refractivity contribution in [1.82, 2.24) is 14.9 Å². The van der Waals surface area contributed by atoms with E-state index in [0.717, 1.165) is 11.3 Å². The number of rotatable bonds is 12. The molecule has 4 atom stereocenters. The maximum atomic E-state index is 13.6. The van der Waals surface area contributed by atoms with Gasteiger partial charge in [-0.15, -0.1) is 11.3 Å². The second kappa shape index (κ2) is 16.1. The van der Waals surface area contributed by atoms with Gasteiger partial charge < -0.3 is 33.7 Å². The Morgan fingerprint density at radius 3 is 2.23 bits per heavy atom. The van der Waals surface area contributed by atoms with Crippen molar-refractivity contribution in [1.29, 1.82) is 0 Å². The van der Waals surface area contributed by atoms with Crippen LogP contribution < -0.4 is 10.6 Å². The minimum absolute atomic E-state index is 0.0189. The highest BCUT2D eigenvalue weighted by Gasteiger charge is 2.50. The van der Waals surface area contributed by atoms with Crippen LogP contribution in [-0.4, -0.2) is 97.0 Å². The summed E-state index contributed by atoms with van der Waals surface area (Å²) in [7, 11) is -1.21. The van der Waals surface area contributed by atoms with Crippen LogP contribution in [0.3, 0.4) is 0 Å². The van der Waals surface area contributed by atoms with Crippen molar-refractivity contribution < 1.29 is 47.8 Å². The fourth-order valence-corrected chi connectivity index (χ4v) is 6.68. The molecule has 2 N–H and O–H groups in total. The summed E-state index contributed by atoms with van der Waals surface area (Å²) in [5, 5.41) is 10.5. The Kier molecular flexibility index (Phi) is 13.6. The largest absolute Gasteiger partial charge is 0.509 e. The Morgan fingerprint density at radius 1 is 1.06 bits per heavy atom. The van der Waals surface area contributed by atoms with Crippen LogP contribution >= 0.6 is 22.9 Å². The Balaban J connectivity index is 2.33. The number of halogens is 1. The van der Waals surface area contributed by atoms with Crippen LogP contribution in [0.5, 0.6) is 0 Å². The zero-order valence-electron chi connectivity index (χ0n) is 28.7. The van der Waals surface area contributed by atoms with Gasteiger partial charge in [0.15, 0.2) is 16.4 Å². The summed E-state index contributed by atoms with van der Waals surface area (Å²) < 4.78 is 22.2. The first-order valence-electron chi connectivity index (χ1n) is 14.9. The first kappa shape index (κ1) is 39.7. The average molecular weight is 720 g/mol. The number of nitrogens with one attached hydrogen (secondary N) is 2. The van der Waals surface area contributed by atoms with Crippen LogP contribution in [0.2, 0.25) is 5.54 Å². The number of hydrogen-bond donors (Lipinski definition) is 2. The van der Waals surface area contributed by atoms with Crippen molar-refractivity contribution in [3.05, 3.63) is 11.1 Å². The standard InChI is InChI=1S/C29H46ClN5O10SSi/c1-15(27(3,4)5)47-35-18(12-41-26(40)43-16(2)30)21(23(35)38)32-22(37)20(34-42-13-19(36)44-28(6,7)8)17-14-46-24(31-17)33-25(39)45-29(9,10)11/h14-16,18,21H,12-13,47H2,1-11H3,(H,32,37)(H,31,33,39). The van der Waals surface area contributed by atoms with Gasteiger partial charge >= 0.3 is 18.2 Å². The van der Waals surface area contributed by atoms with Gasteiger partial charge in [0.2, 0.25) is 12.5 Å². The van der Waals surface area contributed by atoms with E-state index in [9.17, 15) is 24.0 Å². The van der Waals surface area contributed by atoms with E-state index in [1.54, 1.807) is 46.1 Å². The molecule has 18 heteroatoms. The van der Waals surface area contributed by atoms with Gasteiger partial charge in [0.25, 0.3) is 5.91 Å². The highest BCUT2D eigenvalue weighted by Crippen LogP contribution is 2.33. The number of alkyl halides is 1. The van der Waals surface area contributed by atoms with Crippen LogP contribution in [0.4, 0.5) is 14.7 Å². The molecule has 1 aromatic rings. The number of oxime groups is 1. The second-order valence-electron chi connectivity index (χ2n) is 14.0. The topological polar surface area (TPSA) is 184 Å². The molecular weight excluding hydrogens is 674 g/mol. The van der Waals surface area contributed by atoms with E-state index in [2.05, 4.69) is 41.5 Å². The van der Waals surface area contributed by atoms with Crippen molar-refractivity contribution in [3.8, 4) is 0 Å². The summed E-state index contributed by atoms with van der Waals surface area (Å²) >= 11 is 6.70. The first-order chi connectivity index (χ1) is 21.5. The van der Waals surface area contributed by atoms with Gasteiger partial charge in [-0.25, -0.2) is 19.4 Å². The van der Waals surface area contributed by atoms with E-state index in [1.807, 2.05) is 6.92 Å². The van der Waals surface area contributed by atoms with Crippen molar-refractivity contribution in [2.75, 3.05) is 18.5 Å². The molecular formula is C29H46ClN5O10SSi. The molecule has 1 aromatic heterocycles. The smallest absolute Gasteiger partial charge is 0.457 e. The number of hydrogen-bond acceptors (Lipinski definition) is 13. The Labute approximate surface area is 286 Å². The normalized spacial score (nSPS) is 18.6. The van der Waals surface area contributed by atoms with Gasteiger partial charge in [0.1, 0.15) is 39.2 Å². The minimum Gasteiger partial charge on any atom is -0.457 e. The Bertz CT molecular complexity index is 1340. The monoisotopic (exact) mass is 719 g/mol. The predicted octanol–water partition coefficient (Wildman–Crippen LogP) is 3.92. The molecule has 15 nitrogen and oxygen atoms in total. The first-order valence-corrected chi connectivity index (χ1v) is 17.7. The maximum absolute atomic E-state index is 13.6. The number of carbonyl (C=O) groups is 5. The van der Waals surface area contributed by atoms with Crippen molar-refractivity contribution in [3.63, 3.8) is 0 Å². The number of esters is 1. The molecule has 264 valence electrons. The number of nitrogens with zero attached hydrogens (tertiary/aromatic N) is 3. The molecule has 0 saturated carbocycles. The van der Waals surface area contributed by atoms with E-state index in [1.165, 1.54) is 12.3 Å². The second-order valence-corrected chi connectivity index (χ2v) is 17.7. The summed E-state index contributed by atoms with van der Waals surface area (Å²) in [5.41, 5.74) is -2.78. The van der Waals surface area contributed by atoms with Gasteiger partial charge in [-0.2, -0.15) is 0 Å². The molecule has 1 aliphatic rings. The van der Waals surface area contributed by atoms with Crippen LogP contribution in [-0.2, 0) is 38.2 Å². The molecule has 1 saturated heterocycles. The number of anilines is 1. The average Bonchev–Trinajstić information content (AvgIpc) is 3.33. The van der Waals surface area contributed by atoms with E-state index in [-0.39, 0.29) is 40.0 Å².